The zero-order valence-corrected chi connectivity index (χ0v) is 12.4. The number of carboxylic acids is 1. The molecule has 5 heteroatoms. The van der Waals surface area contributed by atoms with Crippen molar-refractivity contribution < 1.29 is 9.90 Å². The summed E-state index contributed by atoms with van der Waals surface area (Å²) < 4.78 is 0. The summed E-state index contributed by atoms with van der Waals surface area (Å²) in [6.45, 7) is 5.94. The van der Waals surface area contributed by atoms with Gasteiger partial charge in [-0.1, -0.05) is 32.9 Å². The SMILES string of the molecule is CCc1ccc(Nc2cnc(C(C)C)nc2C(=O)O)cc1. The molecule has 0 saturated heterocycles. The van der Waals surface area contributed by atoms with E-state index < -0.39 is 5.97 Å². The van der Waals surface area contributed by atoms with E-state index in [1.807, 2.05) is 38.1 Å². The zero-order valence-electron chi connectivity index (χ0n) is 12.4. The van der Waals surface area contributed by atoms with Crippen LogP contribution in [0.4, 0.5) is 11.4 Å². The molecule has 0 saturated carbocycles. The van der Waals surface area contributed by atoms with Gasteiger partial charge in [0.15, 0.2) is 5.69 Å². The number of aryl methyl sites for hydroxylation is 1. The number of rotatable bonds is 5. The molecule has 0 fully saturated rings. The van der Waals surface area contributed by atoms with Crippen LogP contribution in [0.3, 0.4) is 0 Å². The highest BCUT2D eigenvalue weighted by molar-refractivity contribution is 5.92. The lowest BCUT2D eigenvalue weighted by atomic mass is 10.1. The second kappa shape index (κ2) is 6.35. The predicted molar refractivity (Wildman–Crippen MR) is 82.2 cm³/mol. The molecule has 2 aromatic rings. The van der Waals surface area contributed by atoms with Crippen molar-refractivity contribution >= 4 is 17.3 Å². The maximum Gasteiger partial charge on any atom is 0.356 e. The van der Waals surface area contributed by atoms with Crippen molar-refractivity contribution in [3.05, 3.63) is 47.5 Å². The molecule has 0 radical (unpaired) electrons. The Balaban J connectivity index is 2.31. The Morgan fingerprint density at radius 2 is 1.95 bits per heavy atom. The van der Waals surface area contributed by atoms with Crippen LogP contribution in [0.1, 0.15) is 48.6 Å². The number of aromatic carboxylic acids is 1. The first kappa shape index (κ1) is 15.0. The summed E-state index contributed by atoms with van der Waals surface area (Å²) in [5, 5.41) is 12.4. The maximum atomic E-state index is 11.4. The highest BCUT2D eigenvalue weighted by Gasteiger charge is 2.15. The molecule has 0 aliphatic carbocycles. The van der Waals surface area contributed by atoms with Gasteiger partial charge in [0, 0.05) is 11.6 Å². The molecule has 2 rings (SSSR count). The zero-order chi connectivity index (χ0) is 15.4. The Hall–Kier alpha value is -2.43. The van der Waals surface area contributed by atoms with Gasteiger partial charge in [0.25, 0.3) is 0 Å². The van der Waals surface area contributed by atoms with Crippen molar-refractivity contribution in [1.82, 2.24) is 9.97 Å². The summed E-state index contributed by atoms with van der Waals surface area (Å²) in [5.41, 5.74) is 2.44. The Kier molecular flexibility index (Phi) is 4.52. The van der Waals surface area contributed by atoms with E-state index in [4.69, 9.17) is 0 Å². The van der Waals surface area contributed by atoms with E-state index in [-0.39, 0.29) is 11.6 Å². The fourth-order valence-electron chi connectivity index (χ4n) is 1.91. The predicted octanol–water partition coefficient (Wildman–Crippen LogP) is 3.60. The second-order valence-corrected chi connectivity index (χ2v) is 5.13. The largest absolute Gasteiger partial charge is 0.476 e. The molecule has 21 heavy (non-hydrogen) atoms. The number of carboxylic acid groups (broad SMARTS) is 1. The van der Waals surface area contributed by atoms with Gasteiger partial charge in [-0.3, -0.25) is 0 Å². The van der Waals surface area contributed by atoms with Crippen LogP contribution in [0, 0.1) is 0 Å². The topological polar surface area (TPSA) is 75.1 Å². The Morgan fingerprint density at radius 1 is 1.29 bits per heavy atom. The van der Waals surface area contributed by atoms with Crippen LogP contribution in [-0.4, -0.2) is 21.0 Å². The van der Waals surface area contributed by atoms with Crippen LogP contribution in [0.15, 0.2) is 30.5 Å². The number of benzene rings is 1. The number of nitrogens with zero attached hydrogens (tertiary/aromatic N) is 2. The van der Waals surface area contributed by atoms with E-state index in [9.17, 15) is 9.90 Å². The smallest absolute Gasteiger partial charge is 0.356 e. The van der Waals surface area contributed by atoms with E-state index in [1.54, 1.807) is 0 Å². The fraction of sp³-hybridized carbons (Fsp3) is 0.312. The van der Waals surface area contributed by atoms with Crippen LogP contribution in [0.25, 0.3) is 0 Å². The first-order chi connectivity index (χ1) is 10.0. The van der Waals surface area contributed by atoms with E-state index in [1.165, 1.54) is 11.8 Å². The molecule has 0 amide bonds. The normalized spacial score (nSPS) is 10.7. The average Bonchev–Trinajstić information content (AvgIpc) is 2.48. The number of nitrogens with one attached hydrogen (secondary N) is 1. The molecule has 0 aliphatic heterocycles. The van der Waals surface area contributed by atoms with Gasteiger partial charge in [-0.05, 0) is 24.1 Å². The number of anilines is 2. The molecule has 1 heterocycles. The van der Waals surface area contributed by atoms with Gasteiger partial charge in [0.05, 0.1) is 11.9 Å². The summed E-state index contributed by atoms with van der Waals surface area (Å²) in [6, 6.07) is 7.85. The summed E-state index contributed by atoms with van der Waals surface area (Å²) in [6.07, 6.45) is 2.49. The minimum absolute atomic E-state index is 0.00623. The van der Waals surface area contributed by atoms with Gasteiger partial charge in [0.1, 0.15) is 5.82 Å². The molecule has 0 bridgehead atoms. The second-order valence-electron chi connectivity index (χ2n) is 5.13. The van der Waals surface area contributed by atoms with E-state index in [2.05, 4.69) is 22.2 Å². The third kappa shape index (κ3) is 3.56. The van der Waals surface area contributed by atoms with Crippen molar-refractivity contribution in [2.75, 3.05) is 5.32 Å². The van der Waals surface area contributed by atoms with Gasteiger partial charge in [-0.2, -0.15) is 0 Å². The van der Waals surface area contributed by atoms with Crippen molar-refractivity contribution in [2.24, 2.45) is 0 Å². The maximum absolute atomic E-state index is 11.4. The highest BCUT2D eigenvalue weighted by atomic mass is 16.4. The molecule has 0 aliphatic rings. The van der Waals surface area contributed by atoms with Crippen LogP contribution < -0.4 is 5.32 Å². The van der Waals surface area contributed by atoms with Gasteiger partial charge < -0.3 is 10.4 Å². The van der Waals surface area contributed by atoms with Crippen LogP contribution in [-0.2, 0) is 6.42 Å². The Bertz CT molecular complexity index is 636. The fourth-order valence-corrected chi connectivity index (χ4v) is 1.91. The molecule has 110 valence electrons. The van der Waals surface area contributed by atoms with Crippen molar-refractivity contribution in [3.63, 3.8) is 0 Å². The lowest BCUT2D eigenvalue weighted by Crippen LogP contribution is -2.10. The minimum atomic E-state index is -1.06. The third-order valence-electron chi connectivity index (χ3n) is 3.17. The highest BCUT2D eigenvalue weighted by Crippen LogP contribution is 2.21. The summed E-state index contributed by atoms with van der Waals surface area (Å²) >= 11 is 0. The minimum Gasteiger partial charge on any atom is -0.476 e. The van der Waals surface area contributed by atoms with Gasteiger partial charge in [-0.15, -0.1) is 0 Å². The van der Waals surface area contributed by atoms with Crippen LogP contribution >= 0.6 is 0 Å². The molecular weight excluding hydrogens is 266 g/mol. The van der Waals surface area contributed by atoms with Gasteiger partial charge >= 0.3 is 5.97 Å². The van der Waals surface area contributed by atoms with Gasteiger partial charge in [0.2, 0.25) is 0 Å². The molecule has 1 aromatic carbocycles. The Morgan fingerprint density at radius 3 is 2.48 bits per heavy atom. The first-order valence-electron chi connectivity index (χ1n) is 6.97. The molecule has 0 spiro atoms. The molecule has 0 unspecified atom stereocenters. The molecule has 5 nitrogen and oxygen atoms in total. The standard InChI is InChI=1S/C16H19N3O2/c1-4-11-5-7-12(8-6-11)18-13-9-17-15(10(2)3)19-14(13)16(20)21/h5-10,18H,4H2,1-3H3,(H,20,21). The van der Waals surface area contributed by atoms with Crippen molar-refractivity contribution in [1.29, 1.82) is 0 Å². The summed E-state index contributed by atoms with van der Waals surface area (Å²) in [5.74, 6) is -0.452. The molecule has 1 aromatic heterocycles. The van der Waals surface area contributed by atoms with Crippen molar-refractivity contribution in [3.8, 4) is 0 Å². The Labute approximate surface area is 124 Å². The van der Waals surface area contributed by atoms with E-state index >= 15 is 0 Å². The monoisotopic (exact) mass is 285 g/mol. The number of carbonyl (C=O) groups is 1. The van der Waals surface area contributed by atoms with Crippen molar-refractivity contribution in [2.45, 2.75) is 33.1 Å². The molecule has 0 atom stereocenters. The first-order valence-corrected chi connectivity index (χ1v) is 6.97. The number of hydrogen-bond acceptors (Lipinski definition) is 4. The van der Waals surface area contributed by atoms with Crippen LogP contribution in [0.5, 0.6) is 0 Å². The summed E-state index contributed by atoms with van der Waals surface area (Å²) in [4.78, 5) is 19.7. The van der Waals surface area contributed by atoms with Crippen LogP contribution in [0.2, 0.25) is 0 Å². The molecule has 2 N–H and O–H groups in total. The van der Waals surface area contributed by atoms with Gasteiger partial charge in [-0.25, -0.2) is 14.8 Å². The third-order valence-corrected chi connectivity index (χ3v) is 3.17. The summed E-state index contributed by atoms with van der Waals surface area (Å²) in [7, 11) is 0. The lowest BCUT2D eigenvalue weighted by molar-refractivity contribution is 0.0691. The number of aromatic nitrogens is 2. The average molecular weight is 285 g/mol. The molecular formula is C16H19N3O2. The lowest BCUT2D eigenvalue weighted by Gasteiger charge is -2.11. The number of hydrogen-bond donors (Lipinski definition) is 2. The van der Waals surface area contributed by atoms with E-state index in [0.717, 1.165) is 12.1 Å². The van der Waals surface area contributed by atoms with E-state index in [0.29, 0.717) is 11.5 Å². The quantitative estimate of drug-likeness (QED) is 0.877.